The van der Waals surface area contributed by atoms with E-state index in [-0.39, 0.29) is 5.69 Å². The molecule has 1 heterocycles. The molecule has 2 rings (SSSR count). The van der Waals surface area contributed by atoms with E-state index in [1.807, 2.05) is 0 Å². The van der Waals surface area contributed by atoms with Crippen molar-refractivity contribution in [3.63, 3.8) is 0 Å². The van der Waals surface area contributed by atoms with Crippen molar-refractivity contribution in [1.29, 1.82) is 0 Å². The van der Waals surface area contributed by atoms with Gasteiger partial charge in [0.25, 0.3) is 5.91 Å². The van der Waals surface area contributed by atoms with Crippen LogP contribution in [0.4, 0.5) is 17.6 Å². The van der Waals surface area contributed by atoms with E-state index in [9.17, 15) is 22.4 Å². The number of nitrogens with zero attached hydrogens (tertiary/aromatic N) is 1. The number of benzene rings is 1. The number of pyridine rings is 1. The average Bonchev–Trinajstić information content (AvgIpc) is 2.50. The highest BCUT2D eigenvalue weighted by atomic mass is 19.4. The molecule has 1 amide bonds. The highest BCUT2D eigenvalue weighted by molar-refractivity contribution is 5.92. The van der Waals surface area contributed by atoms with Crippen LogP contribution in [0.1, 0.15) is 21.6 Å². The predicted molar refractivity (Wildman–Crippen MR) is 75.0 cm³/mol. The molecule has 1 aromatic heterocycles. The molecule has 0 saturated heterocycles. The van der Waals surface area contributed by atoms with E-state index in [0.717, 1.165) is 0 Å². The molecule has 0 bridgehead atoms. The summed E-state index contributed by atoms with van der Waals surface area (Å²) >= 11 is 0. The van der Waals surface area contributed by atoms with Crippen LogP contribution in [0, 0.1) is 17.7 Å². The predicted octanol–water partition coefficient (Wildman–Crippen LogP) is 2.91. The minimum absolute atomic E-state index is 0.148. The van der Waals surface area contributed by atoms with Crippen LogP contribution in [0.5, 0.6) is 0 Å². The number of amides is 1. The lowest BCUT2D eigenvalue weighted by molar-refractivity contribution is -0.123. The Bertz CT molecular complexity index is 758. The zero-order valence-corrected chi connectivity index (χ0v) is 11.6. The molecule has 0 fully saturated rings. The fraction of sp³-hybridized carbons (Fsp3) is 0.125. The first-order chi connectivity index (χ1) is 10.8. The topological polar surface area (TPSA) is 42.0 Å². The van der Waals surface area contributed by atoms with Crippen molar-refractivity contribution in [2.45, 2.75) is 6.18 Å². The van der Waals surface area contributed by atoms with Gasteiger partial charge >= 0.3 is 6.18 Å². The molecule has 0 unspecified atom stereocenters. The maximum Gasteiger partial charge on any atom is 0.405 e. The lowest BCUT2D eigenvalue weighted by Crippen LogP contribution is -2.34. The molecule has 0 spiro atoms. The largest absolute Gasteiger partial charge is 0.405 e. The Morgan fingerprint density at radius 1 is 1.13 bits per heavy atom. The quantitative estimate of drug-likeness (QED) is 0.682. The van der Waals surface area contributed by atoms with E-state index in [2.05, 4.69) is 16.8 Å². The summed E-state index contributed by atoms with van der Waals surface area (Å²) < 4.78 is 49.0. The number of hydrogen-bond acceptors (Lipinski definition) is 2. The van der Waals surface area contributed by atoms with Crippen LogP contribution in [0.2, 0.25) is 0 Å². The van der Waals surface area contributed by atoms with Gasteiger partial charge in [-0.05, 0) is 30.3 Å². The number of carbonyl (C=O) groups excluding carboxylic acids is 1. The van der Waals surface area contributed by atoms with Crippen LogP contribution in [-0.4, -0.2) is 23.6 Å². The molecule has 0 radical (unpaired) electrons. The molecule has 0 aliphatic rings. The van der Waals surface area contributed by atoms with Gasteiger partial charge in [-0.1, -0.05) is 17.9 Å². The highest BCUT2D eigenvalue weighted by Gasteiger charge is 2.28. The Balaban J connectivity index is 2.04. The van der Waals surface area contributed by atoms with Crippen molar-refractivity contribution in [2.75, 3.05) is 6.54 Å². The van der Waals surface area contributed by atoms with Gasteiger partial charge in [-0.3, -0.25) is 4.79 Å². The van der Waals surface area contributed by atoms with Gasteiger partial charge in [-0.15, -0.1) is 0 Å². The normalized spacial score (nSPS) is 10.6. The van der Waals surface area contributed by atoms with Gasteiger partial charge in [0.05, 0.1) is 0 Å². The molecule has 23 heavy (non-hydrogen) atoms. The van der Waals surface area contributed by atoms with Gasteiger partial charge in [0.15, 0.2) is 0 Å². The van der Waals surface area contributed by atoms with Crippen molar-refractivity contribution in [3.8, 4) is 11.8 Å². The van der Waals surface area contributed by atoms with E-state index in [1.165, 1.54) is 36.5 Å². The Kier molecular flexibility index (Phi) is 4.96. The van der Waals surface area contributed by atoms with E-state index in [4.69, 9.17) is 0 Å². The number of halogens is 4. The molecule has 1 aromatic carbocycles. The first kappa shape index (κ1) is 16.5. The summed E-state index contributed by atoms with van der Waals surface area (Å²) in [4.78, 5) is 15.2. The average molecular weight is 322 g/mol. The monoisotopic (exact) mass is 322 g/mol. The Hall–Kier alpha value is -2.88. The van der Waals surface area contributed by atoms with Crippen LogP contribution < -0.4 is 5.32 Å². The van der Waals surface area contributed by atoms with Gasteiger partial charge in [-0.2, -0.15) is 13.2 Å². The summed E-state index contributed by atoms with van der Waals surface area (Å²) in [6, 6.07) is 8.41. The number of hydrogen-bond donors (Lipinski definition) is 1. The maximum absolute atomic E-state index is 13.0. The summed E-state index contributed by atoms with van der Waals surface area (Å²) in [6.07, 6.45) is -3.22. The molecule has 3 nitrogen and oxygen atoms in total. The lowest BCUT2D eigenvalue weighted by Gasteiger charge is -2.07. The van der Waals surface area contributed by atoms with Crippen molar-refractivity contribution in [3.05, 3.63) is 65.2 Å². The molecule has 118 valence electrons. The fourth-order valence-corrected chi connectivity index (χ4v) is 1.58. The second-order valence-electron chi connectivity index (χ2n) is 4.49. The van der Waals surface area contributed by atoms with E-state index < -0.39 is 24.4 Å². The lowest BCUT2D eigenvalue weighted by atomic mass is 10.2. The Morgan fingerprint density at radius 3 is 2.48 bits per heavy atom. The van der Waals surface area contributed by atoms with Crippen LogP contribution >= 0.6 is 0 Å². The van der Waals surface area contributed by atoms with Gasteiger partial charge in [-0.25, -0.2) is 9.37 Å². The fourth-order valence-electron chi connectivity index (χ4n) is 1.58. The van der Waals surface area contributed by atoms with Crippen molar-refractivity contribution in [2.24, 2.45) is 0 Å². The van der Waals surface area contributed by atoms with Crippen LogP contribution in [-0.2, 0) is 0 Å². The summed E-state index contributed by atoms with van der Waals surface area (Å²) in [5, 5.41) is 1.72. The van der Waals surface area contributed by atoms with Gasteiger partial charge in [0, 0.05) is 17.3 Å². The van der Waals surface area contributed by atoms with Crippen LogP contribution in [0.25, 0.3) is 0 Å². The maximum atomic E-state index is 13.0. The third-order valence-electron chi connectivity index (χ3n) is 2.62. The molecule has 7 heteroatoms. The zero-order valence-electron chi connectivity index (χ0n) is 11.6. The third-order valence-corrected chi connectivity index (χ3v) is 2.62. The van der Waals surface area contributed by atoms with Crippen LogP contribution in [0.3, 0.4) is 0 Å². The molecular formula is C16H10F4N2O. The number of nitrogens with one attached hydrogen (secondary N) is 1. The second-order valence-corrected chi connectivity index (χ2v) is 4.49. The number of alkyl halides is 3. The summed E-state index contributed by atoms with van der Waals surface area (Å²) in [6.45, 7) is -1.42. The smallest absolute Gasteiger partial charge is 0.342 e. The van der Waals surface area contributed by atoms with Crippen molar-refractivity contribution < 1.29 is 22.4 Å². The summed E-state index contributed by atoms with van der Waals surface area (Å²) in [5.74, 6) is 4.10. The second kappa shape index (κ2) is 6.92. The van der Waals surface area contributed by atoms with E-state index >= 15 is 0 Å². The molecule has 0 aliphatic carbocycles. The molecule has 2 aromatic rings. The van der Waals surface area contributed by atoms with E-state index in [0.29, 0.717) is 11.1 Å². The number of rotatable bonds is 2. The van der Waals surface area contributed by atoms with Crippen LogP contribution in [0.15, 0.2) is 42.6 Å². The van der Waals surface area contributed by atoms with E-state index in [1.54, 1.807) is 11.4 Å². The summed E-state index contributed by atoms with van der Waals surface area (Å²) in [5.41, 5.74) is 0.768. The standard InChI is InChI=1S/C16H10F4N2O/c17-13-3-1-2-11(8-13)4-5-12-6-7-14(21-9-12)15(23)22-10-16(18,19)20/h1-3,6-9H,10H2,(H,22,23). The SMILES string of the molecule is O=C(NCC(F)(F)F)c1ccc(C#Cc2cccc(F)c2)cn1. The molecule has 0 atom stereocenters. The van der Waals surface area contributed by atoms with Gasteiger partial charge in [0.2, 0.25) is 0 Å². The first-order valence-electron chi connectivity index (χ1n) is 6.42. The zero-order chi connectivity index (χ0) is 16.9. The minimum Gasteiger partial charge on any atom is -0.342 e. The minimum atomic E-state index is -4.48. The third kappa shape index (κ3) is 5.43. The highest BCUT2D eigenvalue weighted by Crippen LogP contribution is 2.12. The first-order valence-corrected chi connectivity index (χ1v) is 6.42. The van der Waals surface area contributed by atoms with Gasteiger partial charge < -0.3 is 5.32 Å². The number of carbonyl (C=O) groups is 1. The molecular weight excluding hydrogens is 312 g/mol. The van der Waals surface area contributed by atoms with Crippen molar-refractivity contribution >= 4 is 5.91 Å². The Labute approximate surface area is 129 Å². The number of aromatic nitrogens is 1. The molecule has 0 saturated carbocycles. The van der Waals surface area contributed by atoms with Gasteiger partial charge in [0.1, 0.15) is 18.1 Å². The van der Waals surface area contributed by atoms with Crippen molar-refractivity contribution in [1.82, 2.24) is 10.3 Å². The molecule has 1 N–H and O–H groups in total. The molecule has 0 aliphatic heterocycles. The Morgan fingerprint density at radius 2 is 1.87 bits per heavy atom. The summed E-state index contributed by atoms with van der Waals surface area (Å²) in [7, 11) is 0.